The van der Waals surface area contributed by atoms with E-state index in [1.54, 1.807) is 36.7 Å². The van der Waals surface area contributed by atoms with Gasteiger partial charge < -0.3 is 9.40 Å². The molecule has 3 heterocycles. The van der Waals surface area contributed by atoms with Crippen LogP contribution in [-0.4, -0.2) is 23.4 Å². The van der Waals surface area contributed by atoms with Crippen LogP contribution in [0.1, 0.15) is 5.56 Å². The second-order valence-electron chi connectivity index (χ2n) is 4.23. The highest BCUT2D eigenvalue weighted by Crippen LogP contribution is 2.21. The van der Waals surface area contributed by atoms with E-state index < -0.39 is 10.0 Å². The quantitative estimate of drug-likeness (QED) is 0.744. The monoisotopic (exact) mass is 304 g/mol. The summed E-state index contributed by atoms with van der Waals surface area (Å²) in [6, 6.07) is 7.06. The van der Waals surface area contributed by atoms with E-state index in [4.69, 9.17) is 4.42 Å². The number of pyridine rings is 1. The number of nitrogens with one attached hydrogen (secondary N) is 2. The number of furan rings is 1. The van der Waals surface area contributed by atoms with Crippen molar-refractivity contribution >= 4 is 10.0 Å². The van der Waals surface area contributed by atoms with Crippen molar-refractivity contribution in [2.75, 3.05) is 0 Å². The number of aromatic nitrogens is 3. The minimum atomic E-state index is -3.63. The number of aromatic amines is 1. The summed E-state index contributed by atoms with van der Waals surface area (Å²) in [6.45, 7) is 0.102. The molecule has 8 heteroatoms. The van der Waals surface area contributed by atoms with Crippen molar-refractivity contribution < 1.29 is 12.8 Å². The lowest BCUT2D eigenvalue weighted by molar-refractivity contribution is 0.573. The van der Waals surface area contributed by atoms with Crippen LogP contribution in [0.15, 0.2) is 58.7 Å². The Hall–Kier alpha value is -2.45. The summed E-state index contributed by atoms with van der Waals surface area (Å²) in [5, 5.41) is 0.0194. The lowest BCUT2D eigenvalue weighted by Crippen LogP contribution is -2.24. The molecule has 108 valence electrons. The van der Waals surface area contributed by atoms with Gasteiger partial charge in [0.15, 0.2) is 10.8 Å². The van der Waals surface area contributed by atoms with E-state index in [-0.39, 0.29) is 11.6 Å². The maximum atomic E-state index is 12.0. The molecule has 0 aliphatic heterocycles. The highest BCUT2D eigenvalue weighted by atomic mass is 32.2. The average molecular weight is 304 g/mol. The van der Waals surface area contributed by atoms with Crippen molar-refractivity contribution in [1.29, 1.82) is 0 Å². The first-order valence-electron chi connectivity index (χ1n) is 6.12. The van der Waals surface area contributed by atoms with E-state index in [1.165, 1.54) is 12.5 Å². The second-order valence-corrected chi connectivity index (χ2v) is 5.96. The Balaban J connectivity index is 1.84. The number of hydrogen-bond acceptors (Lipinski definition) is 5. The Morgan fingerprint density at radius 2 is 2.19 bits per heavy atom. The molecule has 0 spiro atoms. The standard InChI is InChI=1S/C13H12N4O3S/c18-21(19,12-8-14-9-16-12)17-7-10-3-1-5-15-13(10)11-4-2-6-20-11/h1-6,8-9,17H,7H2,(H,14,16). The summed E-state index contributed by atoms with van der Waals surface area (Å²) in [4.78, 5) is 10.5. The number of hydrogen-bond donors (Lipinski definition) is 2. The van der Waals surface area contributed by atoms with Crippen molar-refractivity contribution in [2.24, 2.45) is 0 Å². The van der Waals surface area contributed by atoms with Crippen molar-refractivity contribution in [3.8, 4) is 11.5 Å². The smallest absolute Gasteiger partial charge is 0.257 e. The van der Waals surface area contributed by atoms with Gasteiger partial charge in [0.05, 0.1) is 18.8 Å². The minimum absolute atomic E-state index is 0.0194. The first-order valence-corrected chi connectivity index (χ1v) is 7.61. The zero-order valence-corrected chi connectivity index (χ0v) is 11.7. The molecule has 0 aliphatic carbocycles. The zero-order chi connectivity index (χ0) is 14.7. The molecular formula is C13H12N4O3S. The van der Waals surface area contributed by atoms with E-state index in [9.17, 15) is 8.42 Å². The van der Waals surface area contributed by atoms with Crippen LogP contribution >= 0.6 is 0 Å². The molecule has 0 unspecified atom stereocenters. The van der Waals surface area contributed by atoms with Gasteiger partial charge >= 0.3 is 0 Å². The third-order valence-electron chi connectivity index (χ3n) is 2.86. The molecule has 0 aromatic carbocycles. The summed E-state index contributed by atoms with van der Waals surface area (Å²) in [5.41, 5.74) is 1.32. The van der Waals surface area contributed by atoms with Gasteiger partial charge in [-0.05, 0) is 23.8 Å². The molecule has 7 nitrogen and oxygen atoms in total. The first-order chi connectivity index (χ1) is 10.2. The van der Waals surface area contributed by atoms with Gasteiger partial charge in [-0.25, -0.2) is 18.1 Å². The number of rotatable bonds is 5. The molecular weight excluding hydrogens is 292 g/mol. The molecule has 0 aliphatic rings. The summed E-state index contributed by atoms with van der Waals surface area (Å²) in [7, 11) is -3.63. The lowest BCUT2D eigenvalue weighted by Gasteiger charge is -2.08. The van der Waals surface area contributed by atoms with Gasteiger partial charge in [0.25, 0.3) is 10.0 Å². The molecule has 0 saturated carbocycles. The topological polar surface area (TPSA) is 101 Å². The lowest BCUT2D eigenvalue weighted by atomic mass is 10.1. The Morgan fingerprint density at radius 3 is 2.90 bits per heavy atom. The van der Waals surface area contributed by atoms with Gasteiger partial charge in [-0.15, -0.1) is 0 Å². The fraction of sp³-hybridized carbons (Fsp3) is 0.0769. The molecule has 0 amide bonds. The molecule has 21 heavy (non-hydrogen) atoms. The van der Waals surface area contributed by atoms with Crippen LogP contribution in [-0.2, 0) is 16.6 Å². The van der Waals surface area contributed by atoms with Crippen molar-refractivity contribution in [1.82, 2.24) is 19.7 Å². The van der Waals surface area contributed by atoms with Gasteiger partial charge in [-0.3, -0.25) is 4.98 Å². The van der Waals surface area contributed by atoms with Crippen LogP contribution < -0.4 is 4.72 Å². The van der Waals surface area contributed by atoms with Crippen LogP contribution in [0.3, 0.4) is 0 Å². The SMILES string of the molecule is O=S(=O)(NCc1cccnc1-c1ccco1)c1cnc[nH]1. The van der Waals surface area contributed by atoms with Gasteiger partial charge in [0, 0.05) is 12.7 Å². The largest absolute Gasteiger partial charge is 0.463 e. The number of sulfonamides is 1. The second kappa shape index (κ2) is 5.51. The zero-order valence-electron chi connectivity index (χ0n) is 10.9. The predicted molar refractivity (Wildman–Crippen MR) is 74.6 cm³/mol. The van der Waals surface area contributed by atoms with Gasteiger partial charge in [-0.2, -0.15) is 0 Å². The normalized spacial score (nSPS) is 11.6. The third-order valence-corrected chi connectivity index (χ3v) is 4.19. The molecule has 2 N–H and O–H groups in total. The van der Waals surface area contributed by atoms with E-state index in [0.717, 1.165) is 5.56 Å². The number of nitrogens with zero attached hydrogens (tertiary/aromatic N) is 2. The first kappa shape index (κ1) is 13.5. The number of imidazole rings is 1. The van der Waals surface area contributed by atoms with Gasteiger partial charge in [0.1, 0.15) is 5.69 Å². The van der Waals surface area contributed by atoms with Crippen molar-refractivity contribution in [2.45, 2.75) is 11.6 Å². The highest BCUT2D eigenvalue weighted by molar-refractivity contribution is 7.89. The van der Waals surface area contributed by atoms with Gasteiger partial charge in [-0.1, -0.05) is 6.07 Å². The maximum absolute atomic E-state index is 12.0. The summed E-state index contributed by atoms with van der Waals surface area (Å²) < 4.78 is 31.9. The predicted octanol–water partition coefficient (Wildman–Crippen LogP) is 1.54. The van der Waals surface area contributed by atoms with E-state index in [1.807, 2.05) is 0 Å². The van der Waals surface area contributed by atoms with Crippen molar-refractivity contribution in [3.05, 3.63) is 54.8 Å². The Morgan fingerprint density at radius 1 is 1.29 bits per heavy atom. The molecule has 0 radical (unpaired) electrons. The Kier molecular flexibility index (Phi) is 3.55. The van der Waals surface area contributed by atoms with Crippen LogP contribution in [0.4, 0.5) is 0 Å². The van der Waals surface area contributed by atoms with Crippen LogP contribution in [0.25, 0.3) is 11.5 Å². The fourth-order valence-electron chi connectivity index (χ4n) is 1.86. The molecule has 3 aromatic rings. The van der Waals surface area contributed by atoms with E-state index in [0.29, 0.717) is 11.5 Å². The van der Waals surface area contributed by atoms with Crippen molar-refractivity contribution in [3.63, 3.8) is 0 Å². The van der Waals surface area contributed by atoms with Gasteiger partial charge in [0.2, 0.25) is 0 Å². The number of H-pyrrole nitrogens is 1. The molecule has 0 bridgehead atoms. The Labute approximate surface area is 121 Å². The third kappa shape index (κ3) is 2.86. The fourth-order valence-corrected chi connectivity index (χ4v) is 2.77. The maximum Gasteiger partial charge on any atom is 0.257 e. The highest BCUT2D eigenvalue weighted by Gasteiger charge is 2.17. The average Bonchev–Trinajstić information content (AvgIpc) is 3.18. The summed E-state index contributed by atoms with van der Waals surface area (Å²) in [5.74, 6) is 0.589. The van der Waals surface area contributed by atoms with Crippen LogP contribution in [0.5, 0.6) is 0 Å². The molecule has 0 fully saturated rings. The van der Waals surface area contributed by atoms with E-state index >= 15 is 0 Å². The summed E-state index contributed by atoms with van der Waals surface area (Å²) in [6.07, 6.45) is 5.74. The minimum Gasteiger partial charge on any atom is -0.463 e. The molecule has 0 atom stereocenters. The molecule has 0 saturated heterocycles. The van der Waals surface area contributed by atoms with E-state index in [2.05, 4.69) is 19.7 Å². The van der Waals surface area contributed by atoms with Crippen LogP contribution in [0.2, 0.25) is 0 Å². The Bertz CT molecular complexity index is 811. The van der Waals surface area contributed by atoms with Crippen LogP contribution in [0, 0.1) is 0 Å². The summed E-state index contributed by atoms with van der Waals surface area (Å²) >= 11 is 0. The molecule has 3 rings (SSSR count). The molecule has 3 aromatic heterocycles.